The molecular weight excluding hydrogens is 524 g/mol. The fourth-order valence-corrected chi connectivity index (χ4v) is 6.61. The molecule has 182 valence electrons. The van der Waals surface area contributed by atoms with E-state index in [1.165, 1.54) is 4.90 Å². The van der Waals surface area contributed by atoms with E-state index >= 15 is 0 Å². The molecule has 1 aromatic heterocycles. The summed E-state index contributed by atoms with van der Waals surface area (Å²) in [6.07, 6.45) is 3.73. The largest absolute Gasteiger partial charge is 0.480 e. The molecule has 1 fully saturated rings. The van der Waals surface area contributed by atoms with Gasteiger partial charge in [0.1, 0.15) is 10.4 Å². The summed E-state index contributed by atoms with van der Waals surface area (Å²) in [5, 5.41) is 15.3. The van der Waals surface area contributed by atoms with Crippen LogP contribution in [0.2, 0.25) is 5.02 Å². The second-order valence-corrected chi connectivity index (χ2v) is 10.8. The Morgan fingerprint density at radius 2 is 1.54 bits per heavy atom. The number of carbonyl (C=O) groups is 2. The van der Waals surface area contributed by atoms with Crippen LogP contribution in [-0.2, 0) is 16.0 Å². The molecule has 5 nitrogen and oxygen atoms in total. The molecule has 2 heterocycles. The van der Waals surface area contributed by atoms with Crippen molar-refractivity contribution in [2.75, 3.05) is 0 Å². The van der Waals surface area contributed by atoms with Crippen LogP contribution < -0.4 is 0 Å². The molecule has 0 saturated carbocycles. The van der Waals surface area contributed by atoms with E-state index in [4.69, 9.17) is 23.8 Å². The highest BCUT2D eigenvalue weighted by Crippen LogP contribution is 2.40. The summed E-state index contributed by atoms with van der Waals surface area (Å²) in [6, 6.07) is 22.1. The van der Waals surface area contributed by atoms with E-state index in [1.807, 2.05) is 78.9 Å². The molecule has 1 saturated heterocycles. The van der Waals surface area contributed by atoms with Crippen LogP contribution in [0.3, 0.4) is 0 Å². The number of para-hydroxylation sites is 1. The fraction of sp³-hybridized carbons (Fsp3) is 0.0690. The number of nitrogens with one attached hydrogen (secondary N) is 1. The van der Waals surface area contributed by atoms with Crippen molar-refractivity contribution in [3.05, 3.63) is 100 Å². The van der Waals surface area contributed by atoms with Gasteiger partial charge in [-0.2, -0.15) is 0 Å². The lowest BCUT2D eigenvalue weighted by Gasteiger charge is -2.23. The van der Waals surface area contributed by atoms with Crippen molar-refractivity contribution in [3.8, 4) is 0 Å². The number of aromatic nitrogens is 1. The van der Waals surface area contributed by atoms with E-state index in [2.05, 4.69) is 4.98 Å². The lowest BCUT2D eigenvalue weighted by Crippen LogP contribution is -2.45. The SMILES string of the molecule is O=C(O)[C@H](Cc1c[nH]c2ccccc12)N1C(=O)/C(=C/c2c3ccccc3c(Cl)c3ccccc23)SC1=S. The average molecular weight is 543 g/mol. The summed E-state index contributed by atoms with van der Waals surface area (Å²) in [4.78, 5) is 30.8. The third-order valence-electron chi connectivity index (χ3n) is 6.69. The Kier molecular flexibility index (Phi) is 5.99. The molecule has 1 atom stereocenters. The molecule has 5 aromatic rings. The maximum atomic E-state index is 13.6. The van der Waals surface area contributed by atoms with E-state index in [0.29, 0.717) is 9.93 Å². The van der Waals surface area contributed by atoms with Crippen LogP contribution in [0.1, 0.15) is 11.1 Å². The molecule has 0 radical (unpaired) electrons. The standard InChI is InChI=1S/C29H19ClN2O3S2/c30-26-20-10-3-1-8-18(20)22(19-9-2-4-11-21(19)26)14-25-27(33)32(29(36)37-25)24(28(34)35)13-16-15-31-23-12-6-5-7-17(16)23/h1-12,14-15,24,31H,13H2,(H,34,35)/b25-14-/t24-/m0/s1. The van der Waals surface area contributed by atoms with Crippen LogP contribution in [0.5, 0.6) is 0 Å². The van der Waals surface area contributed by atoms with Crippen molar-refractivity contribution in [2.24, 2.45) is 0 Å². The van der Waals surface area contributed by atoms with Crippen molar-refractivity contribution < 1.29 is 14.7 Å². The number of aromatic amines is 1. The maximum Gasteiger partial charge on any atom is 0.327 e. The first kappa shape index (κ1) is 23.7. The molecule has 0 aliphatic carbocycles. The molecule has 0 bridgehead atoms. The Balaban J connectivity index is 1.43. The van der Waals surface area contributed by atoms with Crippen LogP contribution in [0.4, 0.5) is 0 Å². The molecular formula is C29H19ClN2O3S2. The zero-order valence-corrected chi connectivity index (χ0v) is 21.7. The van der Waals surface area contributed by atoms with Gasteiger partial charge in [-0.1, -0.05) is 102 Å². The van der Waals surface area contributed by atoms with Crippen LogP contribution in [-0.4, -0.2) is 37.2 Å². The first-order chi connectivity index (χ1) is 17.9. The Labute approximate surface area is 226 Å². The number of carboxylic acid groups (broad SMARTS) is 1. The monoisotopic (exact) mass is 542 g/mol. The number of fused-ring (bicyclic) bond motifs is 3. The number of thioether (sulfide) groups is 1. The number of hydrogen-bond donors (Lipinski definition) is 2. The Morgan fingerprint density at radius 1 is 0.973 bits per heavy atom. The molecule has 6 rings (SSSR count). The average Bonchev–Trinajstić information content (AvgIpc) is 3.44. The minimum Gasteiger partial charge on any atom is -0.480 e. The predicted octanol–water partition coefficient (Wildman–Crippen LogP) is 7.02. The number of halogens is 1. The second-order valence-electron chi connectivity index (χ2n) is 8.79. The molecule has 8 heteroatoms. The third-order valence-corrected chi connectivity index (χ3v) is 8.43. The van der Waals surface area contributed by atoms with Crippen LogP contribution in [0, 0.1) is 0 Å². The zero-order chi connectivity index (χ0) is 25.7. The van der Waals surface area contributed by atoms with Gasteiger partial charge in [0.15, 0.2) is 0 Å². The number of hydrogen-bond acceptors (Lipinski definition) is 4. The molecule has 1 aliphatic heterocycles. The second kappa shape index (κ2) is 9.34. The predicted molar refractivity (Wildman–Crippen MR) is 155 cm³/mol. The van der Waals surface area contributed by atoms with Crippen LogP contribution in [0.25, 0.3) is 38.5 Å². The van der Waals surface area contributed by atoms with Gasteiger partial charge in [-0.3, -0.25) is 9.69 Å². The van der Waals surface area contributed by atoms with Gasteiger partial charge in [0.2, 0.25) is 0 Å². The first-order valence-corrected chi connectivity index (χ1v) is 13.2. The van der Waals surface area contributed by atoms with Gasteiger partial charge in [0, 0.05) is 34.3 Å². The summed E-state index contributed by atoms with van der Waals surface area (Å²) in [7, 11) is 0. The van der Waals surface area contributed by atoms with Crippen molar-refractivity contribution >= 4 is 90.3 Å². The molecule has 0 unspecified atom stereocenters. The maximum absolute atomic E-state index is 13.6. The minimum absolute atomic E-state index is 0.131. The van der Waals surface area contributed by atoms with Crippen molar-refractivity contribution in [1.82, 2.24) is 9.88 Å². The topological polar surface area (TPSA) is 73.4 Å². The first-order valence-electron chi connectivity index (χ1n) is 11.6. The number of benzene rings is 4. The highest BCUT2D eigenvalue weighted by atomic mass is 35.5. The van der Waals surface area contributed by atoms with Gasteiger partial charge in [0.25, 0.3) is 5.91 Å². The molecule has 37 heavy (non-hydrogen) atoms. The number of nitrogens with zero attached hydrogens (tertiary/aromatic N) is 1. The number of carboxylic acids is 1. The van der Waals surface area contributed by atoms with Gasteiger partial charge >= 0.3 is 5.97 Å². The molecule has 1 amide bonds. The zero-order valence-electron chi connectivity index (χ0n) is 19.3. The Hall–Kier alpha value is -3.65. The number of H-pyrrole nitrogens is 1. The molecule has 0 spiro atoms. The summed E-state index contributed by atoms with van der Waals surface area (Å²) in [5.41, 5.74) is 2.57. The van der Waals surface area contributed by atoms with Gasteiger partial charge in [-0.25, -0.2) is 4.79 Å². The number of carbonyl (C=O) groups excluding carboxylic acids is 1. The number of aliphatic carboxylic acids is 1. The number of rotatable bonds is 5. The highest BCUT2D eigenvalue weighted by Gasteiger charge is 2.41. The fourth-order valence-electron chi connectivity index (χ4n) is 4.94. The summed E-state index contributed by atoms with van der Waals surface area (Å²) < 4.78 is 0.228. The van der Waals surface area contributed by atoms with Gasteiger partial charge in [-0.05, 0) is 34.0 Å². The number of amides is 1. The van der Waals surface area contributed by atoms with Gasteiger partial charge < -0.3 is 10.1 Å². The smallest absolute Gasteiger partial charge is 0.327 e. The van der Waals surface area contributed by atoms with Crippen molar-refractivity contribution in [3.63, 3.8) is 0 Å². The molecule has 1 aliphatic rings. The Morgan fingerprint density at radius 3 is 2.16 bits per heavy atom. The summed E-state index contributed by atoms with van der Waals surface area (Å²) >= 11 is 13.4. The minimum atomic E-state index is -1.13. The van der Waals surface area contributed by atoms with Crippen molar-refractivity contribution in [1.29, 1.82) is 0 Å². The van der Waals surface area contributed by atoms with E-state index < -0.39 is 17.9 Å². The highest BCUT2D eigenvalue weighted by molar-refractivity contribution is 8.26. The molecule has 2 N–H and O–H groups in total. The number of thiocarbonyl (C=S) groups is 1. The van der Waals surface area contributed by atoms with E-state index in [0.717, 1.165) is 55.3 Å². The van der Waals surface area contributed by atoms with Gasteiger partial charge in [-0.15, -0.1) is 0 Å². The Bertz CT molecular complexity index is 1740. The van der Waals surface area contributed by atoms with Crippen LogP contribution in [0.15, 0.2) is 83.9 Å². The normalized spacial score (nSPS) is 15.9. The lowest BCUT2D eigenvalue weighted by atomic mass is 9.96. The molecule has 4 aromatic carbocycles. The third kappa shape index (κ3) is 4.00. The van der Waals surface area contributed by atoms with E-state index in [9.17, 15) is 14.7 Å². The van der Waals surface area contributed by atoms with E-state index in [-0.39, 0.29) is 10.7 Å². The summed E-state index contributed by atoms with van der Waals surface area (Å²) in [6.45, 7) is 0. The quantitative estimate of drug-likeness (QED) is 0.142. The van der Waals surface area contributed by atoms with Gasteiger partial charge in [0.05, 0.1) is 9.93 Å². The van der Waals surface area contributed by atoms with Crippen LogP contribution >= 0.6 is 35.6 Å². The summed E-state index contributed by atoms with van der Waals surface area (Å²) in [5.74, 6) is -1.52. The van der Waals surface area contributed by atoms with Crippen molar-refractivity contribution in [2.45, 2.75) is 12.5 Å². The lowest BCUT2D eigenvalue weighted by molar-refractivity contribution is -0.145. The van der Waals surface area contributed by atoms with E-state index in [1.54, 1.807) is 6.20 Å².